The summed E-state index contributed by atoms with van der Waals surface area (Å²) in [5.41, 5.74) is 0.427. The highest BCUT2D eigenvalue weighted by atomic mass is 35.5. The lowest BCUT2D eigenvalue weighted by molar-refractivity contribution is -0.141. The Morgan fingerprint density at radius 3 is 2.68 bits per heavy atom. The Balaban J connectivity index is 1.50. The highest BCUT2D eigenvalue weighted by Gasteiger charge is 2.38. The summed E-state index contributed by atoms with van der Waals surface area (Å²) in [5, 5.41) is 11.4. The molecule has 0 aliphatic heterocycles. The monoisotopic (exact) mass is 417 g/mol. The number of nitrogens with zero attached hydrogens (tertiary/aromatic N) is 4. The zero-order chi connectivity index (χ0) is 20.5. The molecule has 0 spiro atoms. The van der Waals surface area contributed by atoms with Crippen LogP contribution in [-0.2, 0) is 24.1 Å². The molecule has 1 aliphatic carbocycles. The van der Waals surface area contributed by atoms with E-state index in [0.717, 1.165) is 24.6 Å². The van der Waals surface area contributed by atoms with Gasteiger partial charge in [-0.25, -0.2) is 0 Å². The Labute approximate surface area is 166 Å². The first kappa shape index (κ1) is 20.7. The maximum absolute atomic E-state index is 13.0. The largest absolute Gasteiger partial charge is 0.435 e. The van der Waals surface area contributed by atoms with Crippen molar-refractivity contribution in [2.75, 3.05) is 6.54 Å². The van der Waals surface area contributed by atoms with E-state index in [4.69, 9.17) is 11.6 Å². The van der Waals surface area contributed by atoms with E-state index < -0.39 is 17.8 Å². The van der Waals surface area contributed by atoms with Crippen molar-refractivity contribution in [1.29, 1.82) is 0 Å². The number of amides is 1. The number of aryl methyl sites for hydroxylation is 2. The topological polar surface area (TPSA) is 64.7 Å². The van der Waals surface area contributed by atoms with Crippen molar-refractivity contribution in [3.05, 3.63) is 34.4 Å². The highest BCUT2D eigenvalue weighted by Crippen LogP contribution is 2.42. The number of rotatable bonds is 8. The van der Waals surface area contributed by atoms with Crippen LogP contribution in [-0.4, -0.2) is 32.0 Å². The quantitative estimate of drug-likeness (QED) is 0.665. The molecular weight excluding hydrogens is 395 g/mol. The number of aromatic nitrogens is 4. The van der Waals surface area contributed by atoms with E-state index in [1.807, 2.05) is 6.92 Å². The second-order valence-electron chi connectivity index (χ2n) is 7.28. The number of alkyl halides is 3. The summed E-state index contributed by atoms with van der Waals surface area (Å²) >= 11 is 5.95. The van der Waals surface area contributed by atoms with E-state index in [1.54, 1.807) is 17.8 Å². The van der Waals surface area contributed by atoms with Gasteiger partial charge in [0.05, 0.1) is 23.2 Å². The van der Waals surface area contributed by atoms with E-state index >= 15 is 0 Å². The van der Waals surface area contributed by atoms with Crippen molar-refractivity contribution in [3.63, 3.8) is 0 Å². The van der Waals surface area contributed by atoms with Crippen LogP contribution in [0.4, 0.5) is 13.2 Å². The second-order valence-corrected chi connectivity index (χ2v) is 7.69. The Morgan fingerprint density at radius 1 is 1.39 bits per heavy atom. The van der Waals surface area contributed by atoms with Crippen LogP contribution in [0.2, 0.25) is 5.02 Å². The number of halogens is 4. The van der Waals surface area contributed by atoms with Gasteiger partial charge in [0.1, 0.15) is 0 Å². The van der Waals surface area contributed by atoms with Crippen LogP contribution in [0.1, 0.15) is 49.2 Å². The maximum atomic E-state index is 13.0. The lowest BCUT2D eigenvalue weighted by Crippen LogP contribution is -2.33. The Morgan fingerprint density at radius 2 is 2.11 bits per heavy atom. The van der Waals surface area contributed by atoms with Gasteiger partial charge in [-0.15, -0.1) is 0 Å². The van der Waals surface area contributed by atoms with Gasteiger partial charge in [-0.1, -0.05) is 18.5 Å². The standard InChI is InChI=1S/C18H23ClF3N5O/c1-11(17(28)23-6-3-7-26-10-14(19)12(2)24-26)9-27-15(13-4-5-13)8-16(25-27)18(20,21)22/h8,10-11,13H,3-7,9H2,1-2H3,(H,23,28). The van der Waals surface area contributed by atoms with Gasteiger partial charge in [0.25, 0.3) is 0 Å². The molecule has 2 heterocycles. The average Bonchev–Trinajstić information content (AvgIpc) is 3.28. The SMILES string of the molecule is Cc1nn(CCCNC(=O)C(C)Cn2nc(C(F)(F)F)cc2C2CC2)cc1Cl. The van der Waals surface area contributed by atoms with Gasteiger partial charge in [-0.2, -0.15) is 23.4 Å². The molecule has 1 saturated carbocycles. The van der Waals surface area contributed by atoms with E-state index in [0.29, 0.717) is 30.2 Å². The van der Waals surface area contributed by atoms with Crippen molar-refractivity contribution < 1.29 is 18.0 Å². The minimum Gasteiger partial charge on any atom is -0.356 e. The van der Waals surface area contributed by atoms with Crippen LogP contribution < -0.4 is 5.32 Å². The van der Waals surface area contributed by atoms with Gasteiger partial charge in [0.2, 0.25) is 5.91 Å². The number of nitrogens with one attached hydrogen (secondary N) is 1. The van der Waals surface area contributed by atoms with Crippen molar-refractivity contribution in [1.82, 2.24) is 24.9 Å². The van der Waals surface area contributed by atoms with E-state index in [1.165, 1.54) is 4.68 Å². The molecule has 2 aromatic heterocycles. The molecule has 10 heteroatoms. The molecule has 1 fully saturated rings. The van der Waals surface area contributed by atoms with E-state index in [9.17, 15) is 18.0 Å². The van der Waals surface area contributed by atoms with Gasteiger partial charge in [-0.3, -0.25) is 14.2 Å². The fourth-order valence-electron chi connectivity index (χ4n) is 3.00. The van der Waals surface area contributed by atoms with Crippen LogP contribution >= 0.6 is 11.6 Å². The lowest BCUT2D eigenvalue weighted by atomic mass is 10.1. The Kier molecular flexibility index (Phi) is 6.02. The number of carbonyl (C=O) groups is 1. The first-order valence-electron chi connectivity index (χ1n) is 9.27. The number of hydrogen-bond acceptors (Lipinski definition) is 3. The molecular formula is C18H23ClF3N5O. The Bertz CT molecular complexity index is 821. The second kappa shape index (κ2) is 8.14. The molecule has 0 bridgehead atoms. The third kappa shape index (κ3) is 5.06. The van der Waals surface area contributed by atoms with Crippen LogP contribution in [0.3, 0.4) is 0 Å². The van der Waals surface area contributed by atoms with Crippen LogP contribution in [0.15, 0.2) is 12.3 Å². The normalized spacial score (nSPS) is 15.6. The third-order valence-electron chi connectivity index (χ3n) is 4.74. The predicted molar refractivity (Wildman–Crippen MR) is 98.0 cm³/mol. The maximum Gasteiger partial charge on any atom is 0.435 e. The predicted octanol–water partition coefficient (Wildman–Crippen LogP) is 3.78. The molecule has 1 aliphatic rings. The number of carbonyl (C=O) groups excluding carboxylic acids is 1. The average molecular weight is 418 g/mol. The molecule has 28 heavy (non-hydrogen) atoms. The molecule has 1 N–H and O–H groups in total. The highest BCUT2D eigenvalue weighted by molar-refractivity contribution is 6.31. The van der Waals surface area contributed by atoms with Gasteiger partial charge in [-0.05, 0) is 32.3 Å². The summed E-state index contributed by atoms with van der Waals surface area (Å²) in [5.74, 6) is -0.580. The van der Waals surface area contributed by atoms with Crippen LogP contribution in [0, 0.1) is 12.8 Å². The lowest BCUT2D eigenvalue weighted by Gasteiger charge is -2.14. The van der Waals surface area contributed by atoms with Crippen molar-refractivity contribution >= 4 is 17.5 Å². The van der Waals surface area contributed by atoms with Crippen LogP contribution in [0.5, 0.6) is 0 Å². The minimum absolute atomic E-state index is 0.114. The van der Waals surface area contributed by atoms with Gasteiger partial charge < -0.3 is 5.32 Å². The summed E-state index contributed by atoms with van der Waals surface area (Å²) < 4.78 is 42.0. The van der Waals surface area contributed by atoms with Crippen molar-refractivity contribution in [2.45, 2.75) is 58.3 Å². The first-order chi connectivity index (χ1) is 13.1. The number of hydrogen-bond donors (Lipinski definition) is 1. The molecule has 154 valence electrons. The molecule has 3 rings (SSSR count). The van der Waals surface area contributed by atoms with Crippen LogP contribution in [0.25, 0.3) is 0 Å². The summed E-state index contributed by atoms with van der Waals surface area (Å²) in [6.07, 6.45) is -0.352. The summed E-state index contributed by atoms with van der Waals surface area (Å²) in [7, 11) is 0. The van der Waals surface area contributed by atoms with Gasteiger partial charge in [0.15, 0.2) is 5.69 Å². The van der Waals surface area contributed by atoms with Crippen molar-refractivity contribution in [2.24, 2.45) is 5.92 Å². The van der Waals surface area contributed by atoms with Gasteiger partial charge in [0, 0.05) is 30.9 Å². The van der Waals surface area contributed by atoms with Crippen molar-refractivity contribution in [3.8, 4) is 0 Å². The van der Waals surface area contributed by atoms with E-state index in [2.05, 4.69) is 15.5 Å². The fraction of sp³-hybridized carbons (Fsp3) is 0.611. The molecule has 1 atom stereocenters. The molecule has 1 unspecified atom stereocenters. The first-order valence-corrected chi connectivity index (χ1v) is 9.65. The van der Waals surface area contributed by atoms with E-state index in [-0.39, 0.29) is 18.4 Å². The summed E-state index contributed by atoms with van der Waals surface area (Å²) in [4.78, 5) is 12.3. The molecule has 1 amide bonds. The molecule has 6 nitrogen and oxygen atoms in total. The fourth-order valence-corrected chi connectivity index (χ4v) is 3.15. The summed E-state index contributed by atoms with van der Waals surface area (Å²) in [6.45, 7) is 4.70. The third-order valence-corrected chi connectivity index (χ3v) is 5.11. The zero-order valence-corrected chi connectivity index (χ0v) is 16.5. The Hall–Kier alpha value is -2.03. The molecule has 0 radical (unpaired) electrons. The molecule has 0 saturated heterocycles. The minimum atomic E-state index is -4.48. The summed E-state index contributed by atoms with van der Waals surface area (Å²) in [6, 6.07) is 1.11. The zero-order valence-electron chi connectivity index (χ0n) is 15.8. The van der Waals surface area contributed by atoms with Gasteiger partial charge >= 0.3 is 6.18 Å². The smallest absolute Gasteiger partial charge is 0.356 e. The molecule has 2 aromatic rings. The molecule has 0 aromatic carbocycles.